The second-order valence-corrected chi connectivity index (χ2v) is 11.2. The second kappa shape index (κ2) is 32.4. The molecule has 36 heavy (non-hydrogen) atoms. The first-order chi connectivity index (χ1) is 17.8. The van der Waals surface area contributed by atoms with Gasteiger partial charge in [-0.05, 0) is 52.4 Å². The molecular weight excluding hydrogens is 444 g/mol. The Morgan fingerprint density at radius 1 is 0.417 bits per heavy atom. The lowest BCUT2D eigenvalue weighted by atomic mass is 10.0. The third kappa shape index (κ3) is 33.4. The Bertz CT molecular complexity index is 417. The van der Waals surface area contributed by atoms with Crippen molar-refractivity contribution in [3.63, 3.8) is 0 Å². The van der Waals surface area contributed by atoms with E-state index in [4.69, 9.17) is 5.11 Å². The van der Waals surface area contributed by atoms with Crippen LogP contribution in [0.3, 0.4) is 0 Å². The number of hydrogen-bond acceptors (Lipinski definition) is 3. The smallest absolute Gasteiger partial charge is 0.303 e. The zero-order chi connectivity index (χ0) is 26.2. The molecule has 0 saturated carbocycles. The molecule has 0 aromatic rings. The van der Waals surface area contributed by atoms with Crippen molar-refractivity contribution in [2.45, 2.75) is 173 Å². The highest BCUT2D eigenvalue weighted by Gasteiger charge is 1.98. The van der Waals surface area contributed by atoms with Crippen molar-refractivity contribution in [1.82, 2.24) is 10.6 Å². The van der Waals surface area contributed by atoms with Gasteiger partial charge in [-0.3, -0.25) is 4.79 Å². The van der Waals surface area contributed by atoms with Crippen LogP contribution in [-0.2, 0) is 4.79 Å². The fourth-order valence-corrected chi connectivity index (χ4v) is 5.09. The third-order valence-electron chi connectivity index (χ3n) is 7.52. The molecule has 0 radical (unpaired) electrons. The lowest BCUT2D eigenvalue weighted by Gasteiger charge is -2.06. The number of rotatable bonds is 32. The Hall–Kier alpha value is -0.610. The Morgan fingerprint density at radius 2 is 0.667 bits per heavy atom. The maximum atomic E-state index is 10.5. The molecule has 0 aromatic heterocycles. The van der Waals surface area contributed by atoms with Crippen molar-refractivity contribution in [3.05, 3.63) is 0 Å². The van der Waals surface area contributed by atoms with Crippen LogP contribution in [-0.4, -0.2) is 37.8 Å². The summed E-state index contributed by atoms with van der Waals surface area (Å²) in [5.41, 5.74) is 0. The van der Waals surface area contributed by atoms with Gasteiger partial charge in [0.15, 0.2) is 0 Å². The molecule has 0 unspecified atom stereocenters. The molecule has 0 spiro atoms. The number of carboxylic acids is 1. The van der Waals surface area contributed by atoms with E-state index in [0.717, 1.165) is 12.8 Å². The van der Waals surface area contributed by atoms with E-state index in [9.17, 15) is 4.79 Å². The number of aliphatic carboxylic acids is 1. The first-order valence-electron chi connectivity index (χ1n) is 16.3. The van der Waals surface area contributed by atoms with Crippen LogP contribution in [0.4, 0.5) is 0 Å². The monoisotopic (exact) mass is 511 g/mol. The summed E-state index contributed by atoms with van der Waals surface area (Å²) in [6, 6.07) is 0. The van der Waals surface area contributed by atoms with Crippen LogP contribution >= 0.6 is 0 Å². The van der Waals surface area contributed by atoms with E-state index >= 15 is 0 Å². The van der Waals surface area contributed by atoms with Crippen molar-refractivity contribution in [2.24, 2.45) is 0 Å². The Kier molecular flexibility index (Phi) is 31.9. The van der Waals surface area contributed by atoms with Gasteiger partial charge in [0.1, 0.15) is 0 Å². The van der Waals surface area contributed by atoms with Crippen LogP contribution in [0.5, 0.6) is 0 Å². The van der Waals surface area contributed by atoms with Gasteiger partial charge in [0.2, 0.25) is 0 Å². The quantitative estimate of drug-likeness (QED) is 0.0789. The fourth-order valence-electron chi connectivity index (χ4n) is 5.09. The van der Waals surface area contributed by atoms with Gasteiger partial charge in [-0.15, -0.1) is 0 Å². The molecule has 0 heterocycles. The van der Waals surface area contributed by atoms with E-state index in [1.54, 1.807) is 0 Å². The van der Waals surface area contributed by atoms with Gasteiger partial charge in [-0.1, -0.05) is 141 Å². The van der Waals surface area contributed by atoms with E-state index in [2.05, 4.69) is 10.6 Å². The Balaban J connectivity index is 3.02. The van der Waals surface area contributed by atoms with Gasteiger partial charge < -0.3 is 15.7 Å². The minimum Gasteiger partial charge on any atom is -0.481 e. The molecule has 0 saturated heterocycles. The van der Waals surface area contributed by atoms with Gasteiger partial charge in [-0.2, -0.15) is 0 Å². The van der Waals surface area contributed by atoms with Crippen LogP contribution in [0, 0.1) is 0 Å². The molecule has 4 nitrogen and oxygen atoms in total. The molecule has 0 aliphatic carbocycles. The number of unbranched alkanes of at least 4 members (excludes halogenated alkanes) is 24. The highest BCUT2D eigenvalue weighted by Crippen LogP contribution is 2.14. The summed E-state index contributed by atoms with van der Waals surface area (Å²) in [5, 5.41) is 15.5. The first kappa shape index (κ1) is 35.4. The summed E-state index contributed by atoms with van der Waals surface area (Å²) >= 11 is 0. The molecule has 0 rings (SSSR count). The molecule has 0 atom stereocenters. The SMILES string of the molecule is CNCCCCCCCCCCCCCNCCCCCCCCCCCCCCCCCC(=O)O. The molecule has 0 amide bonds. The molecule has 3 N–H and O–H groups in total. The Morgan fingerprint density at radius 3 is 0.944 bits per heavy atom. The highest BCUT2D eigenvalue weighted by atomic mass is 16.4. The van der Waals surface area contributed by atoms with E-state index in [1.165, 1.54) is 174 Å². The highest BCUT2D eigenvalue weighted by molar-refractivity contribution is 5.66. The largest absolute Gasteiger partial charge is 0.481 e. The Labute approximate surface area is 226 Å². The van der Waals surface area contributed by atoms with E-state index < -0.39 is 5.97 Å². The van der Waals surface area contributed by atoms with Gasteiger partial charge >= 0.3 is 5.97 Å². The molecule has 0 aliphatic heterocycles. The third-order valence-corrected chi connectivity index (χ3v) is 7.52. The molecular formula is C32H66N2O2. The van der Waals surface area contributed by atoms with Crippen molar-refractivity contribution in [2.75, 3.05) is 26.7 Å². The van der Waals surface area contributed by atoms with Gasteiger partial charge in [0.05, 0.1) is 0 Å². The van der Waals surface area contributed by atoms with Crippen molar-refractivity contribution < 1.29 is 9.90 Å². The lowest BCUT2D eigenvalue weighted by Crippen LogP contribution is -2.16. The van der Waals surface area contributed by atoms with Crippen LogP contribution in [0.25, 0.3) is 0 Å². The predicted molar refractivity (Wildman–Crippen MR) is 159 cm³/mol. The number of carboxylic acid groups (broad SMARTS) is 1. The minimum atomic E-state index is -0.651. The molecule has 0 bridgehead atoms. The average Bonchev–Trinajstić information content (AvgIpc) is 2.87. The predicted octanol–water partition coefficient (Wildman–Crippen LogP) is 9.41. The molecule has 4 heteroatoms. The van der Waals surface area contributed by atoms with Crippen LogP contribution in [0.2, 0.25) is 0 Å². The van der Waals surface area contributed by atoms with Crippen molar-refractivity contribution in [3.8, 4) is 0 Å². The van der Waals surface area contributed by atoms with Gasteiger partial charge in [0.25, 0.3) is 0 Å². The normalized spacial score (nSPS) is 11.4. The summed E-state index contributed by atoms with van der Waals surface area (Å²) in [7, 11) is 2.05. The molecule has 0 aromatic carbocycles. The van der Waals surface area contributed by atoms with Gasteiger partial charge in [-0.25, -0.2) is 0 Å². The van der Waals surface area contributed by atoms with Crippen LogP contribution < -0.4 is 10.6 Å². The topological polar surface area (TPSA) is 61.4 Å². The number of carbonyl (C=O) groups is 1. The molecule has 216 valence electrons. The van der Waals surface area contributed by atoms with Crippen molar-refractivity contribution in [1.29, 1.82) is 0 Å². The van der Waals surface area contributed by atoms with E-state index in [-0.39, 0.29) is 0 Å². The first-order valence-corrected chi connectivity index (χ1v) is 16.3. The zero-order valence-corrected chi connectivity index (χ0v) is 24.6. The number of hydrogen-bond donors (Lipinski definition) is 3. The summed E-state index contributed by atoms with van der Waals surface area (Å²) in [5.74, 6) is -0.651. The molecule has 0 fully saturated rings. The summed E-state index contributed by atoms with van der Waals surface area (Å²) in [4.78, 5) is 10.5. The zero-order valence-electron chi connectivity index (χ0n) is 24.6. The fraction of sp³-hybridized carbons (Fsp3) is 0.969. The van der Waals surface area contributed by atoms with Crippen molar-refractivity contribution >= 4 is 5.97 Å². The van der Waals surface area contributed by atoms with Crippen LogP contribution in [0.15, 0.2) is 0 Å². The lowest BCUT2D eigenvalue weighted by molar-refractivity contribution is -0.137. The number of nitrogens with one attached hydrogen (secondary N) is 2. The average molecular weight is 511 g/mol. The minimum absolute atomic E-state index is 0.343. The van der Waals surface area contributed by atoms with E-state index in [1.807, 2.05) is 7.05 Å². The maximum absolute atomic E-state index is 10.5. The summed E-state index contributed by atoms with van der Waals surface area (Å²) in [6.45, 7) is 3.62. The molecule has 0 aliphatic rings. The van der Waals surface area contributed by atoms with Crippen LogP contribution in [0.1, 0.15) is 173 Å². The van der Waals surface area contributed by atoms with Gasteiger partial charge in [0, 0.05) is 6.42 Å². The summed E-state index contributed by atoms with van der Waals surface area (Å²) < 4.78 is 0. The standard InChI is InChI=1S/C32H66N2O2/c1-33-29-25-21-17-13-9-7-11-15-19-23-27-31-34-30-26-22-18-14-10-6-4-2-3-5-8-12-16-20-24-28-32(35)36/h33-34H,2-31H2,1H3,(H,35,36). The second-order valence-electron chi connectivity index (χ2n) is 11.2. The summed E-state index contributed by atoms with van der Waals surface area (Å²) in [6.07, 6.45) is 35.7. The van der Waals surface area contributed by atoms with E-state index in [0.29, 0.717) is 6.42 Å². The maximum Gasteiger partial charge on any atom is 0.303 e.